The smallest absolute Gasteiger partial charge is 0.241 e. The van der Waals surface area contributed by atoms with Crippen molar-refractivity contribution in [2.75, 3.05) is 54.0 Å². The zero-order valence-electron chi connectivity index (χ0n) is 18.4. The van der Waals surface area contributed by atoms with Gasteiger partial charge in [-0.05, 0) is 24.3 Å². The number of hydrogen-bond donors (Lipinski definition) is 6. The number of carbonyl (C=O) groups is 1. The number of halogens is 2. The minimum atomic E-state index is -1.14. The van der Waals surface area contributed by atoms with Crippen LogP contribution in [0.4, 0.5) is 29.0 Å². The Bertz CT molecular complexity index is 1230. The molecule has 1 fully saturated rings. The van der Waals surface area contributed by atoms with E-state index in [1.54, 1.807) is 29.3 Å². The second kappa shape index (κ2) is 11.0. The Morgan fingerprint density at radius 1 is 1.20 bits per heavy atom. The first-order valence-corrected chi connectivity index (χ1v) is 11.4. The van der Waals surface area contributed by atoms with Gasteiger partial charge in [-0.15, -0.1) is 0 Å². The fraction of sp³-hybridized carbons (Fsp3) is 0.238. The summed E-state index contributed by atoms with van der Waals surface area (Å²) in [6, 6.07) is 8.01. The van der Waals surface area contributed by atoms with Gasteiger partial charge in [0.25, 0.3) is 0 Å². The monoisotopic (exact) mass is 519 g/mol. The molecular weight excluding hydrogens is 497 g/mol. The number of aromatic nitrogens is 3. The van der Waals surface area contributed by atoms with E-state index in [0.29, 0.717) is 64.9 Å². The Hall–Kier alpha value is -3.26. The molecule has 3 heterocycles. The number of piperazine rings is 1. The number of quaternary nitrogens is 1. The number of amides is 1. The molecule has 0 bridgehead atoms. The lowest BCUT2D eigenvalue weighted by Crippen LogP contribution is -2.99. The van der Waals surface area contributed by atoms with Crippen LogP contribution in [0.15, 0.2) is 36.5 Å². The molecule has 14 heteroatoms. The minimum Gasteiger partial charge on any atom is -0.595 e. The maximum absolute atomic E-state index is 12.5. The third-order valence-electron chi connectivity index (χ3n) is 5.21. The highest BCUT2D eigenvalue weighted by molar-refractivity contribution is 6.36. The molecule has 0 aliphatic carbocycles. The summed E-state index contributed by atoms with van der Waals surface area (Å²) in [4.78, 5) is 27.2. The third-order valence-corrected chi connectivity index (χ3v) is 5.75. The van der Waals surface area contributed by atoms with Gasteiger partial charge in [0.1, 0.15) is 11.5 Å². The lowest BCUT2D eigenvalue weighted by atomic mass is 10.1. The number of hydrogen-bond acceptors (Lipinski definition) is 10. The van der Waals surface area contributed by atoms with Gasteiger partial charge in [0, 0.05) is 42.8 Å². The lowest BCUT2D eigenvalue weighted by Gasteiger charge is -2.28. The SMILES string of the molecule is Nc1nc(NCCNc2ncc(N3CCNCC3=O)c(-c3ccc(Cl)cc3Cl)n2)ccc1[NH+]([O-])O. The number of rotatable bonds is 8. The maximum Gasteiger partial charge on any atom is 0.241 e. The zero-order valence-corrected chi connectivity index (χ0v) is 19.9. The van der Waals surface area contributed by atoms with E-state index in [9.17, 15) is 10.0 Å². The van der Waals surface area contributed by atoms with Gasteiger partial charge in [-0.3, -0.25) is 4.79 Å². The van der Waals surface area contributed by atoms with Gasteiger partial charge < -0.3 is 31.8 Å². The fourth-order valence-corrected chi connectivity index (χ4v) is 4.02. The molecule has 7 N–H and O–H groups in total. The molecule has 0 saturated carbocycles. The van der Waals surface area contributed by atoms with Crippen molar-refractivity contribution in [3.63, 3.8) is 0 Å². The number of nitrogen functional groups attached to an aromatic ring is 1. The van der Waals surface area contributed by atoms with Gasteiger partial charge in [0.2, 0.25) is 17.5 Å². The van der Waals surface area contributed by atoms with Crippen LogP contribution >= 0.6 is 23.2 Å². The van der Waals surface area contributed by atoms with Crippen LogP contribution in [0.2, 0.25) is 10.0 Å². The summed E-state index contributed by atoms with van der Waals surface area (Å²) in [5.41, 5.74) is 7.31. The predicted octanol–water partition coefficient (Wildman–Crippen LogP) is 1.29. The fourth-order valence-electron chi connectivity index (χ4n) is 3.52. The molecule has 1 saturated heterocycles. The molecule has 0 radical (unpaired) electrons. The van der Waals surface area contributed by atoms with Crippen molar-refractivity contribution in [3.05, 3.63) is 51.8 Å². The lowest BCUT2D eigenvalue weighted by molar-refractivity contribution is -0.990. The van der Waals surface area contributed by atoms with Gasteiger partial charge in [-0.25, -0.2) is 20.2 Å². The molecule has 1 unspecified atom stereocenters. The number of anilines is 4. The number of nitrogens with zero attached hydrogens (tertiary/aromatic N) is 4. The number of pyridine rings is 1. The number of benzene rings is 1. The first-order chi connectivity index (χ1) is 16.8. The second-order valence-corrected chi connectivity index (χ2v) is 8.41. The summed E-state index contributed by atoms with van der Waals surface area (Å²) >= 11 is 12.5. The van der Waals surface area contributed by atoms with Crippen molar-refractivity contribution in [1.29, 1.82) is 0 Å². The molecule has 1 atom stereocenters. The Labute approximate surface area is 210 Å². The Balaban J connectivity index is 1.50. The summed E-state index contributed by atoms with van der Waals surface area (Å²) in [5, 5.41) is 29.1. The van der Waals surface area contributed by atoms with Gasteiger partial charge in [-0.1, -0.05) is 23.2 Å². The molecule has 1 amide bonds. The van der Waals surface area contributed by atoms with Crippen LogP contribution in [0.3, 0.4) is 0 Å². The molecule has 4 rings (SSSR count). The van der Waals surface area contributed by atoms with E-state index in [-0.39, 0.29) is 24.0 Å². The van der Waals surface area contributed by atoms with Crippen molar-refractivity contribution in [1.82, 2.24) is 20.3 Å². The van der Waals surface area contributed by atoms with Crippen molar-refractivity contribution in [3.8, 4) is 11.3 Å². The number of nitrogens with two attached hydrogens (primary N) is 1. The van der Waals surface area contributed by atoms with Crippen LogP contribution in [0.25, 0.3) is 11.3 Å². The molecule has 0 spiro atoms. The quantitative estimate of drug-likeness (QED) is 0.188. The zero-order chi connectivity index (χ0) is 24.9. The molecular formula is C21H23Cl2N9O3. The average molecular weight is 520 g/mol. The highest BCUT2D eigenvalue weighted by Gasteiger charge is 2.25. The normalized spacial score (nSPS) is 14.6. The van der Waals surface area contributed by atoms with Gasteiger partial charge in [0.05, 0.1) is 23.5 Å². The summed E-state index contributed by atoms with van der Waals surface area (Å²) < 4.78 is 0. The highest BCUT2D eigenvalue weighted by atomic mass is 35.5. The van der Waals surface area contributed by atoms with Crippen LogP contribution in [0, 0.1) is 5.21 Å². The van der Waals surface area contributed by atoms with E-state index in [0.717, 1.165) is 0 Å². The summed E-state index contributed by atoms with van der Waals surface area (Å²) in [6.45, 7) is 2.20. The Morgan fingerprint density at radius 2 is 2.00 bits per heavy atom. The van der Waals surface area contributed by atoms with Gasteiger partial charge in [0.15, 0.2) is 5.82 Å². The Morgan fingerprint density at radius 3 is 2.71 bits per heavy atom. The van der Waals surface area contributed by atoms with Gasteiger partial charge >= 0.3 is 0 Å². The second-order valence-electron chi connectivity index (χ2n) is 7.56. The largest absolute Gasteiger partial charge is 0.595 e. The van der Waals surface area contributed by atoms with Crippen molar-refractivity contribution < 1.29 is 15.2 Å². The topological polar surface area (TPSA) is 169 Å². The molecule has 35 heavy (non-hydrogen) atoms. The van der Waals surface area contributed by atoms with E-state index in [1.165, 1.54) is 12.1 Å². The Kier molecular flexibility index (Phi) is 7.80. The van der Waals surface area contributed by atoms with Crippen molar-refractivity contribution in [2.45, 2.75) is 0 Å². The average Bonchev–Trinajstić information content (AvgIpc) is 2.82. The van der Waals surface area contributed by atoms with Crippen LogP contribution in [0.5, 0.6) is 0 Å². The molecule has 1 aliphatic heterocycles. The van der Waals surface area contributed by atoms with E-state index in [2.05, 4.69) is 30.9 Å². The summed E-state index contributed by atoms with van der Waals surface area (Å²) in [6.07, 6.45) is 1.60. The van der Waals surface area contributed by atoms with E-state index < -0.39 is 5.23 Å². The van der Waals surface area contributed by atoms with E-state index >= 15 is 0 Å². The maximum atomic E-state index is 12.5. The standard InChI is InChI=1S/C21H23Cl2N9O3/c22-12-1-2-13(14(23)9-12)19-16(31-8-7-25-11-18(31)33)10-28-21(30-19)27-6-5-26-17-4-3-15(32(34)35)20(24)29-17/h1-4,9-10,25,32,34H,5-8,11H2,(H3,24,26,29)(H,27,28,30). The number of nitrogens with one attached hydrogen (secondary N) is 4. The molecule has 1 aromatic carbocycles. The number of carbonyl (C=O) groups excluding carboxylic acids is 1. The van der Waals surface area contributed by atoms with E-state index in [1.807, 2.05) is 0 Å². The third kappa shape index (κ3) is 5.88. The molecule has 184 valence electrons. The van der Waals surface area contributed by atoms with Crippen LogP contribution in [-0.4, -0.2) is 58.8 Å². The summed E-state index contributed by atoms with van der Waals surface area (Å²) in [5.74, 6) is 0.627. The summed E-state index contributed by atoms with van der Waals surface area (Å²) in [7, 11) is 0. The van der Waals surface area contributed by atoms with E-state index in [4.69, 9.17) is 34.1 Å². The van der Waals surface area contributed by atoms with Crippen LogP contribution in [0.1, 0.15) is 0 Å². The first-order valence-electron chi connectivity index (χ1n) is 10.6. The molecule has 12 nitrogen and oxygen atoms in total. The molecule has 3 aromatic rings. The molecule has 2 aromatic heterocycles. The van der Waals surface area contributed by atoms with Crippen LogP contribution in [-0.2, 0) is 4.79 Å². The highest BCUT2D eigenvalue weighted by Crippen LogP contribution is 2.35. The van der Waals surface area contributed by atoms with Crippen molar-refractivity contribution >= 4 is 58.1 Å². The first kappa shape index (κ1) is 24.9. The van der Waals surface area contributed by atoms with Crippen LogP contribution < -0.4 is 31.8 Å². The van der Waals surface area contributed by atoms with Crippen molar-refractivity contribution in [2.24, 2.45) is 0 Å². The minimum absolute atomic E-state index is 0.0569. The van der Waals surface area contributed by atoms with Gasteiger partial charge in [-0.2, -0.15) is 5.23 Å². The predicted molar refractivity (Wildman–Crippen MR) is 134 cm³/mol. The molecule has 1 aliphatic rings.